The molecule has 1 aromatic rings. The van der Waals surface area contributed by atoms with Crippen LogP contribution in [-0.2, 0) is 11.3 Å². The number of nitrogens with one attached hydrogen (secondary N) is 1. The molecule has 2 rings (SSSR count). The molecular weight excluding hydrogens is 322 g/mol. The molecule has 1 aromatic carbocycles. The average Bonchev–Trinajstić information content (AvgIpc) is 2.41. The number of primary amides is 1. The molecule has 0 unspecified atom stereocenters. The summed E-state index contributed by atoms with van der Waals surface area (Å²) in [6, 6.07) is 5.99. The Morgan fingerprint density at radius 2 is 2.15 bits per heavy atom. The number of piperidine rings is 1. The molecule has 110 valence electrons. The van der Waals surface area contributed by atoms with Gasteiger partial charge in [0.15, 0.2) is 0 Å². The van der Waals surface area contributed by atoms with Crippen molar-refractivity contribution in [1.29, 1.82) is 0 Å². The molecular formula is C14H20BrN3O2. The first-order valence-electron chi connectivity index (χ1n) is 6.76. The van der Waals surface area contributed by atoms with Crippen LogP contribution in [0, 0.1) is 0 Å². The van der Waals surface area contributed by atoms with Crippen molar-refractivity contribution in [1.82, 2.24) is 10.2 Å². The molecule has 4 N–H and O–H groups in total. The minimum Gasteiger partial charge on any atom is -0.507 e. The van der Waals surface area contributed by atoms with Gasteiger partial charge in [0.25, 0.3) is 0 Å². The summed E-state index contributed by atoms with van der Waals surface area (Å²) in [6.07, 6.45) is 2.04. The number of amides is 1. The fourth-order valence-corrected chi connectivity index (χ4v) is 2.86. The van der Waals surface area contributed by atoms with Crippen molar-refractivity contribution >= 4 is 21.8 Å². The first-order valence-corrected chi connectivity index (χ1v) is 7.55. The molecule has 1 aliphatic rings. The van der Waals surface area contributed by atoms with E-state index in [2.05, 4.69) is 26.1 Å². The number of carbonyl (C=O) groups is 1. The van der Waals surface area contributed by atoms with Crippen molar-refractivity contribution in [2.24, 2.45) is 5.73 Å². The Morgan fingerprint density at radius 1 is 1.45 bits per heavy atom. The van der Waals surface area contributed by atoms with Crippen molar-refractivity contribution in [2.75, 3.05) is 19.6 Å². The first-order chi connectivity index (χ1) is 9.54. The van der Waals surface area contributed by atoms with E-state index in [0.29, 0.717) is 17.1 Å². The van der Waals surface area contributed by atoms with Crippen LogP contribution < -0.4 is 11.1 Å². The number of hydrogen-bond acceptors (Lipinski definition) is 4. The highest BCUT2D eigenvalue weighted by molar-refractivity contribution is 9.10. The number of nitrogens with two attached hydrogens (primary N) is 1. The smallest absolute Gasteiger partial charge is 0.231 e. The molecule has 1 amide bonds. The Bertz CT molecular complexity index is 473. The van der Waals surface area contributed by atoms with Crippen molar-refractivity contribution in [3.8, 4) is 5.75 Å². The molecule has 0 atom stereocenters. The largest absolute Gasteiger partial charge is 0.507 e. The van der Waals surface area contributed by atoms with Gasteiger partial charge in [0, 0.05) is 25.7 Å². The molecule has 0 radical (unpaired) electrons. The maximum atomic E-state index is 10.9. The SMILES string of the molecule is NC(=O)CN1CCC(NCc2ccc(O)c(Br)c2)CC1. The van der Waals surface area contributed by atoms with Gasteiger partial charge in [0.05, 0.1) is 11.0 Å². The Balaban J connectivity index is 1.75. The van der Waals surface area contributed by atoms with E-state index in [9.17, 15) is 9.90 Å². The number of halogens is 1. The van der Waals surface area contributed by atoms with Crippen LogP contribution in [0.4, 0.5) is 0 Å². The maximum absolute atomic E-state index is 10.9. The quantitative estimate of drug-likeness (QED) is 0.751. The first kappa shape index (κ1) is 15.3. The second-order valence-corrected chi connectivity index (χ2v) is 6.04. The molecule has 6 heteroatoms. The highest BCUT2D eigenvalue weighted by Gasteiger charge is 2.19. The van der Waals surface area contributed by atoms with Crippen LogP contribution in [0.5, 0.6) is 5.75 Å². The van der Waals surface area contributed by atoms with E-state index in [-0.39, 0.29) is 11.7 Å². The number of aromatic hydroxyl groups is 1. The summed E-state index contributed by atoms with van der Waals surface area (Å²) in [7, 11) is 0. The van der Waals surface area contributed by atoms with Crippen LogP contribution in [0.15, 0.2) is 22.7 Å². The number of rotatable bonds is 5. The summed E-state index contributed by atoms with van der Waals surface area (Å²) in [4.78, 5) is 13.0. The van der Waals surface area contributed by atoms with Crippen molar-refractivity contribution < 1.29 is 9.90 Å². The van der Waals surface area contributed by atoms with Gasteiger partial charge in [-0.15, -0.1) is 0 Å². The fourth-order valence-electron chi connectivity index (χ4n) is 2.44. The standard InChI is InChI=1S/C14H20BrN3O2/c15-12-7-10(1-2-13(12)19)8-17-11-3-5-18(6-4-11)9-14(16)20/h1-2,7,11,17,19H,3-6,8-9H2,(H2,16,20). The second-order valence-electron chi connectivity index (χ2n) is 5.18. The normalized spacial score (nSPS) is 17.2. The second kappa shape index (κ2) is 7.06. The van der Waals surface area contributed by atoms with Gasteiger partial charge in [-0.1, -0.05) is 6.07 Å². The molecule has 0 saturated carbocycles. The lowest BCUT2D eigenvalue weighted by Gasteiger charge is -2.31. The summed E-state index contributed by atoms with van der Waals surface area (Å²) in [6.45, 7) is 2.94. The van der Waals surface area contributed by atoms with Crippen LogP contribution in [0.25, 0.3) is 0 Å². The lowest BCUT2D eigenvalue weighted by molar-refractivity contribution is -0.119. The van der Waals surface area contributed by atoms with Gasteiger partial charge in [-0.25, -0.2) is 0 Å². The van der Waals surface area contributed by atoms with Crippen molar-refractivity contribution in [3.05, 3.63) is 28.2 Å². The molecule has 1 fully saturated rings. The van der Waals surface area contributed by atoms with E-state index >= 15 is 0 Å². The molecule has 0 aliphatic carbocycles. The maximum Gasteiger partial charge on any atom is 0.231 e. The topological polar surface area (TPSA) is 78.6 Å². The Morgan fingerprint density at radius 3 is 2.75 bits per heavy atom. The number of carbonyl (C=O) groups excluding carboxylic acids is 1. The minimum atomic E-state index is -0.259. The van der Waals surface area contributed by atoms with Crippen LogP contribution >= 0.6 is 15.9 Å². The van der Waals surface area contributed by atoms with Gasteiger partial charge in [0.2, 0.25) is 5.91 Å². The molecule has 0 bridgehead atoms. The molecule has 0 aromatic heterocycles. The summed E-state index contributed by atoms with van der Waals surface area (Å²) in [5.41, 5.74) is 6.33. The Hall–Kier alpha value is -1.11. The highest BCUT2D eigenvalue weighted by atomic mass is 79.9. The van der Waals surface area contributed by atoms with Gasteiger partial charge in [-0.05, 0) is 46.5 Å². The van der Waals surface area contributed by atoms with Gasteiger partial charge >= 0.3 is 0 Å². The van der Waals surface area contributed by atoms with Gasteiger partial charge in [-0.3, -0.25) is 9.69 Å². The summed E-state index contributed by atoms with van der Waals surface area (Å²) < 4.78 is 0.716. The van der Waals surface area contributed by atoms with E-state index in [4.69, 9.17) is 5.73 Å². The third-order valence-electron chi connectivity index (χ3n) is 3.57. The summed E-state index contributed by atoms with van der Waals surface area (Å²) in [5, 5.41) is 13.0. The number of nitrogens with zero attached hydrogens (tertiary/aromatic N) is 1. The fraction of sp³-hybridized carbons (Fsp3) is 0.500. The van der Waals surface area contributed by atoms with E-state index < -0.39 is 0 Å². The minimum absolute atomic E-state index is 0.258. The number of likely N-dealkylation sites (tertiary alicyclic amines) is 1. The Labute approximate surface area is 127 Å². The average molecular weight is 342 g/mol. The molecule has 1 aliphatic heterocycles. The predicted molar refractivity (Wildman–Crippen MR) is 81.3 cm³/mol. The lowest BCUT2D eigenvalue weighted by Crippen LogP contribution is -2.45. The van der Waals surface area contributed by atoms with Crippen LogP contribution in [-0.4, -0.2) is 41.6 Å². The van der Waals surface area contributed by atoms with Crippen molar-refractivity contribution in [2.45, 2.75) is 25.4 Å². The molecule has 20 heavy (non-hydrogen) atoms. The molecule has 1 heterocycles. The molecule has 0 spiro atoms. The van der Waals surface area contributed by atoms with E-state index in [1.807, 2.05) is 12.1 Å². The highest BCUT2D eigenvalue weighted by Crippen LogP contribution is 2.24. The zero-order chi connectivity index (χ0) is 14.5. The van der Waals surface area contributed by atoms with Crippen LogP contribution in [0.2, 0.25) is 0 Å². The number of phenolic OH excluding ortho intramolecular Hbond substituents is 1. The molecule has 5 nitrogen and oxygen atoms in total. The van der Waals surface area contributed by atoms with Gasteiger partial charge in [0.1, 0.15) is 5.75 Å². The monoisotopic (exact) mass is 341 g/mol. The molecule has 1 saturated heterocycles. The summed E-state index contributed by atoms with van der Waals surface area (Å²) in [5.74, 6) is -0.00105. The van der Waals surface area contributed by atoms with E-state index in [1.165, 1.54) is 0 Å². The van der Waals surface area contributed by atoms with Crippen molar-refractivity contribution in [3.63, 3.8) is 0 Å². The van der Waals surface area contributed by atoms with Gasteiger partial charge in [-0.2, -0.15) is 0 Å². The number of benzene rings is 1. The Kier molecular flexibility index (Phi) is 5.39. The van der Waals surface area contributed by atoms with Crippen LogP contribution in [0.1, 0.15) is 18.4 Å². The van der Waals surface area contributed by atoms with Gasteiger partial charge < -0.3 is 16.2 Å². The third-order valence-corrected chi connectivity index (χ3v) is 4.21. The van der Waals surface area contributed by atoms with E-state index in [0.717, 1.165) is 38.0 Å². The van der Waals surface area contributed by atoms with Crippen LogP contribution in [0.3, 0.4) is 0 Å². The number of phenols is 1. The lowest BCUT2D eigenvalue weighted by atomic mass is 10.0. The zero-order valence-corrected chi connectivity index (χ0v) is 12.9. The zero-order valence-electron chi connectivity index (χ0n) is 11.3. The third kappa shape index (κ3) is 4.47. The van der Waals surface area contributed by atoms with E-state index in [1.54, 1.807) is 6.07 Å². The predicted octanol–water partition coefficient (Wildman–Crippen LogP) is 1.19. The summed E-state index contributed by atoms with van der Waals surface area (Å²) >= 11 is 3.31. The number of hydrogen-bond donors (Lipinski definition) is 3.